The van der Waals surface area contributed by atoms with Gasteiger partial charge < -0.3 is 20.4 Å². The molecule has 8 nitrogen and oxygen atoms in total. The molecular formula is C26H28N4O4. The number of benzene rings is 2. The van der Waals surface area contributed by atoms with Crippen molar-refractivity contribution in [3.63, 3.8) is 0 Å². The standard InChI is InChI=1S/C26H28N4O4/c1-34-17-11-9-16(10-12-17)15-30-25(32)22(29-26(30)33)13-14-23(31)27-21-8-4-6-19-18-5-2-3-7-20(18)28-24(19)21/h2-3,5,7,9-12,21-22,28H,4,6,8,13-15H2,1H3,(H,27,31)(H,29,33)/t21?,22-/m0/s1. The number of para-hydroxylation sites is 1. The van der Waals surface area contributed by atoms with E-state index in [0.29, 0.717) is 5.75 Å². The van der Waals surface area contributed by atoms with Crippen molar-refractivity contribution in [2.24, 2.45) is 0 Å². The number of carbonyl (C=O) groups excluding carboxylic acids is 3. The van der Waals surface area contributed by atoms with Gasteiger partial charge in [-0.25, -0.2) is 4.79 Å². The van der Waals surface area contributed by atoms with Crippen molar-refractivity contribution < 1.29 is 19.1 Å². The highest BCUT2D eigenvalue weighted by atomic mass is 16.5. The molecular weight excluding hydrogens is 432 g/mol. The Labute approximate surface area is 197 Å². The highest BCUT2D eigenvalue weighted by Crippen LogP contribution is 2.34. The van der Waals surface area contributed by atoms with Crippen LogP contribution in [0.15, 0.2) is 48.5 Å². The normalized spacial score (nSPS) is 19.7. The third-order valence-corrected chi connectivity index (χ3v) is 6.72. The lowest BCUT2D eigenvalue weighted by atomic mass is 9.91. The van der Waals surface area contributed by atoms with Crippen LogP contribution in [0.5, 0.6) is 5.75 Å². The molecule has 0 saturated carbocycles. The molecule has 3 N–H and O–H groups in total. The molecule has 8 heteroatoms. The number of fused-ring (bicyclic) bond motifs is 3. The Kier molecular flexibility index (Phi) is 5.96. The lowest BCUT2D eigenvalue weighted by Crippen LogP contribution is -2.34. The van der Waals surface area contributed by atoms with Gasteiger partial charge in [-0.2, -0.15) is 0 Å². The van der Waals surface area contributed by atoms with Crippen LogP contribution < -0.4 is 15.4 Å². The fourth-order valence-corrected chi connectivity index (χ4v) is 4.94. The van der Waals surface area contributed by atoms with Gasteiger partial charge in [-0.15, -0.1) is 0 Å². The van der Waals surface area contributed by atoms with Crippen LogP contribution in [-0.2, 0) is 22.6 Å². The van der Waals surface area contributed by atoms with Crippen molar-refractivity contribution in [3.05, 3.63) is 65.4 Å². The largest absolute Gasteiger partial charge is 0.497 e. The van der Waals surface area contributed by atoms with Crippen LogP contribution in [-0.4, -0.2) is 40.9 Å². The summed E-state index contributed by atoms with van der Waals surface area (Å²) in [6, 6.07) is 14.2. The summed E-state index contributed by atoms with van der Waals surface area (Å²) in [7, 11) is 1.58. The Morgan fingerprint density at radius 1 is 1.15 bits per heavy atom. The van der Waals surface area contributed by atoms with Gasteiger partial charge in [0.1, 0.15) is 11.8 Å². The van der Waals surface area contributed by atoms with Gasteiger partial charge in [0.25, 0.3) is 5.91 Å². The zero-order valence-corrected chi connectivity index (χ0v) is 19.1. The first-order chi connectivity index (χ1) is 16.5. The second kappa shape index (κ2) is 9.21. The maximum absolute atomic E-state index is 12.8. The summed E-state index contributed by atoms with van der Waals surface area (Å²) in [5.74, 6) is 0.290. The molecule has 2 atom stereocenters. The molecule has 176 valence electrons. The molecule has 2 aliphatic rings. The lowest BCUT2D eigenvalue weighted by molar-refractivity contribution is -0.128. The third-order valence-electron chi connectivity index (χ3n) is 6.72. The van der Waals surface area contributed by atoms with E-state index in [2.05, 4.69) is 27.8 Å². The van der Waals surface area contributed by atoms with Crippen molar-refractivity contribution in [2.45, 2.75) is 50.7 Å². The number of carbonyl (C=O) groups is 3. The molecule has 4 amide bonds. The molecule has 0 bridgehead atoms. The quantitative estimate of drug-likeness (QED) is 0.469. The minimum absolute atomic E-state index is 0.0657. The molecule has 1 saturated heterocycles. The SMILES string of the molecule is COc1ccc(CN2C(=O)N[C@@H](CCC(=O)NC3CCCc4c3[nH]c3ccccc43)C2=O)cc1. The van der Waals surface area contributed by atoms with Crippen LogP contribution in [0.4, 0.5) is 4.79 Å². The van der Waals surface area contributed by atoms with E-state index in [1.54, 1.807) is 19.2 Å². The Morgan fingerprint density at radius 3 is 2.74 bits per heavy atom. The number of urea groups is 1. The summed E-state index contributed by atoms with van der Waals surface area (Å²) in [6.07, 6.45) is 3.32. The monoisotopic (exact) mass is 460 g/mol. The van der Waals surface area contributed by atoms with Crippen LogP contribution >= 0.6 is 0 Å². The summed E-state index contributed by atoms with van der Waals surface area (Å²) >= 11 is 0. The zero-order valence-electron chi connectivity index (χ0n) is 19.1. The molecule has 0 spiro atoms. The average molecular weight is 461 g/mol. The van der Waals surface area contributed by atoms with E-state index in [0.717, 1.165) is 36.0 Å². The topological polar surface area (TPSA) is 104 Å². The molecule has 34 heavy (non-hydrogen) atoms. The number of methoxy groups -OCH3 is 1. The van der Waals surface area contributed by atoms with Crippen LogP contribution in [0.3, 0.4) is 0 Å². The maximum atomic E-state index is 12.8. The second-order valence-corrected chi connectivity index (χ2v) is 8.89. The van der Waals surface area contributed by atoms with Crippen LogP contribution in [0.2, 0.25) is 0 Å². The molecule has 1 aliphatic heterocycles. The van der Waals surface area contributed by atoms with Crippen molar-refractivity contribution in [2.75, 3.05) is 7.11 Å². The van der Waals surface area contributed by atoms with E-state index < -0.39 is 12.1 Å². The molecule has 1 aromatic heterocycles. The van der Waals surface area contributed by atoms with Crippen molar-refractivity contribution in [1.29, 1.82) is 0 Å². The van der Waals surface area contributed by atoms with Crippen LogP contribution in [0.25, 0.3) is 10.9 Å². The number of hydrogen-bond donors (Lipinski definition) is 3. The van der Waals surface area contributed by atoms with Gasteiger partial charge in [-0.1, -0.05) is 30.3 Å². The fraction of sp³-hybridized carbons (Fsp3) is 0.346. The third kappa shape index (κ3) is 4.23. The smallest absolute Gasteiger partial charge is 0.325 e. The first kappa shape index (κ1) is 22.0. The van der Waals surface area contributed by atoms with Crippen LogP contribution in [0.1, 0.15) is 48.5 Å². The van der Waals surface area contributed by atoms with E-state index in [-0.39, 0.29) is 37.2 Å². The number of hydrogen-bond acceptors (Lipinski definition) is 4. The predicted octanol–water partition coefficient (Wildman–Crippen LogP) is 3.57. The Morgan fingerprint density at radius 2 is 1.94 bits per heavy atom. The molecule has 1 fully saturated rings. The van der Waals surface area contributed by atoms with Gasteiger partial charge in [0, 0.05) is 23.0 Å². The number of aromatic nitrogens is 1. The van der Waals surface area contributed by atoms with Gasteiger partial charge in [-0.3, -0.25) is 14.5 Å². The number of aryl methyl sites for hydroxylation is 1. The van der Waals surface area contributed by atoms with Gasteiger partial charge in [0.2, 0.25) is 5.91 Å². The molecule has 2 heterocycles. The number of amides is 4. The van der Waals surface area contributed by atoms with E-state index in [9.17, 15) is 14.4 Å². The van der Waals surface area contributed by atoms with Gasteiger partial charge in [-0.05, 0) is 55.0 Å². The highest BCUT2D eigenvalue weighted by Gasteiger charge is 2.38. The first-order valence-electron chi connectivity index (χ1n) is 11.7. The van der Waals surface area contributed by atoms with E-state index >= 15 is 0 Å². The Bertz CT molecular complexity index is 1230. The highest BCUT2D eigenvalue weighted by molar-refractivity contribution is 6.04. The number of imide groups is 1. The molecule has 3 aromatic rings. The number of aromatic amines is 1. The molecule has 2 aromatic carbocycles. The van der Waals surface area contributed by atoms with Crippen LogP contribution in [0, 0.1) is 0 Å². The zero-order chi connectivity index (χ0) is 23.7. The summed E-state index contributed by atoms with van der Waals surface area (Å²) in [5.41, 5.74) is 4.27. The van der Waals surface area contributed by atoms with Gasteiger partial charge in [0.05, 0.1) is 19.7 Å². The van der Waals surface area contributed by atoms with Crippen molar-refractivity contribution in [1.82, 2.24) is 20.5 Å². The number of rotatable bonds is 7. The Balaban J connectivity index is 1.18. The average Bonchev–Trinajstić information content (AvgIpc) is 3.36. The summed E-state index contributed by atoms with van der Waals surface area (Å²) < 4.78 is 5.14. The minimum Gasteiger partial charge on any atom is -0.497 e. The lowest BCUT2D eigenvalue weighted by Gasteiger charge is -2.24. The van der Waals surface area contributed by atoms with Gasteiger partial charge in [0.15, 0.2) is 0 Å². The summed E-state index contributed by atoms with van der Waals surface area (Å²) in [5, 5.41) is 7.06. The van der Waals surface area contributed by atoms with E-state index in [1.165, 1.54) is 15.8 Å². The molecule has 0 radical (unpaired) electrons. The van der Waals surface area contributed by atoms with Gasteiger partial charge >= 0.3 is 6.03 Å². The number of ether oxygens (including phenoxy) is 1. The van der Waals surface area contributed by atoms with E-state index in [1.807, 2.05) is 24.3 Å². The molecule has 1 unspecified atom stereocenters. The fourth-order valence-electron chi connectivity index (χ4n) is 4.94. The number of nitrogens with one attached hydrogen (secondary N) is 3. The summed E-state index contributed by atoms with van der Waals surface area (Å²) in [4.78, 5) is 42.6. The Hall–Kier alpha value is -3.81. The van der Waals surface area contributed by atoms with Crippen molar-refractivity contribution in [3.8, 4) is 5.75 Å². The molecule has 5 rings (SSSR count). The second-order valence-electron chi connectivity index (χ2n) is 8.89. The predicted molar refractivity (Wildman–Crippen MR) is 127 cm³/mol. The summed E-state index contributed by atoms with van der Waals surface area (Å²) in [6.45, 7) is 0.183. The van der Waals surface area contributed by atoms with E-state index in [4.69, 9.17) is 4.74 Å². The maximum Gasteiger partial charge on any atom is 0.325 e. The first-order valence-corrected chi connectivity index (χ1v) is 11.7. The minimum atomic E-state index is -0.688. The van der Waals surface area contributed by atoms with Crippen molar-refractivity contribution >= 4 is 28.7 Å². The number of nitrogens with zero attached hydrogens (tertiary/aromatic N) is 1. The number of H-pyrrole nitrogens is 1. The molecule has 1 aliphatic carbocycles.